The molecule has 15 heavy (non-hydrogen) atoms. The molecular formula is C13H17NO. The summed E-state index contributed by atoms with van der Waals surface area (Å²) in [5, 5.41) is 8.68. The van der Waals surface area contributed by atoms with E-state index in [0.29, 0.717) is 6.42 Å². The molecule has 0 N–H and O–H groups in total. The second-order valence-corrected chi connectivity index (χ2v) is 4.16. The quantitative estimate of drug-likeness (QED) is 0.752. The highest BCUT2D eigenvalue weighted by Crippen LogP contribution is 2.24. The number of hydrogen-bond donors (Lipinski definition) is 0. The summed E-state index contributed by atoms with van der Waals surface area (Å²) in [5.74, 6) is 0.889. The standard InChI is InChI=1S/C13H17NO/c1-4-11-7-5-6-8-12(11)15-13(2,3)9-10-14/h5-8H,4,9H2,1-3H3. The van der Waals surface area contributed by atoms with Crippen molar-refractivity contribution < 1.29 is 4.74 Å². The molecule has 0 spiro atoms. The van der Waals surface area contributed by atoms with Crippen LogP contribution >= 0.6 is 0 Å². The molecule has 0 aliphatic carbocycles. The van der Waals surface area contributed by atoms with Gasteiger partial charge >= 0.3 is 0 Å². The minimum absolute atomic E-state index is 0.394. The number of aryl methyl sites for hydroxylation is 1. The Kier molecular flexibility index (Phi) is 3.74. The van der Waals surface area contributed by atoms with Crippen LogP contribution in [0, 0.1) is 11.3 Å². The van der Waals surface area contributed by atoms with Crippen LogP contribution in [0.1, 0.15) is 32.8 Å². The Morgan fingerprint density at radius 3 is 2.60 bits per heavy atom. The van der Waals surface area contributed by atoms with Crippen LogP contribution in [-0.4, -0.2) is 5.60 Å². The average molecular weight is 203 g/mol. The van der Waals surface area contributed by atoms with Crippen molar-refractivity contribution in [1.29, 1.82) is 5.26 Å². The Balaban J connectivity index is 2.85. The van der Waals surface area contributed by atoms with Crippen molar-refractivity contribution in [3.05, 3.63) is 29.8 Å². The first-order chi connectivity index (χ1) is 7.09. The van der Waals surface area contributed by atoms with Crippen LogP contribution in [0.3, 0.4) is 0 Å². The van der Waals surface area contributed by atoms with Crippen molar-refractivity contribution in [2.24, 2.45) is 0 Å². The summed E-state index contributed by atoms with van der Waals surface area (Å²) in [6.45, 7) is 5.96. The summed E-state index contributed by atoms with van der Waals surface area (Å²) in [4.78, 5) is 0. The third kappa shape index (κ3) is 3.28. The van der Waals surface area contributed by atoms with Crippen molar-refractivity contribution in [2.75, 3.05) is 0 Å². The zero-order chi connectivity index (χ0) is 11.3. The Bertz CT molecular complexity index is 363. The van der Waals surface area contributed by atoms with Gasteiger partial charge in [0, 0.05) is 0 Å². The number of hydrogen-bond acceptors (Lipinski definition) is 2. The summed E-state index contributed by atoms with van der Waals surface area (Å²) in [6, 6.07) is 10.1. The molecule has 0 saturated heterocycles. The predicted molar refractivity (Wildman–Crippen MR) is 60.8 cm³/mol. The number of para-hydroxylation sites is 1. The maximum atomic E-state index is 8.68. The van der Waals surface area contributed by atoms with E-state index in [2.05, 4.69) is 19.1 Å². The van der Waals surface area contributed by atoms with Gasteiger partial charge in [-0.05, 0) is 31.9 Å². The van der Waals surface area contributed by atoms with Crippen LogP contribution in [0.4, 0.5) is 0 Å². The molecule has 0 atom stereocenters. The van der Waals surface area contributed by atoms with Crippen LogP contribution in [0.15, 0.2) is 24.3 Å². The van der Waals surface area contributed by atoms with Gasteiger partial charge in [0.15, 0.2) is 0 Å². The van der Waals surface area contributed by atoms with E-state index in [1.807, 2.05) is 32.0 Å². The normalized spacial score (nSPS) is 10.8. The second-order valence-electron chi connectivity index (χ2n) is 4.16. The van der Waals surface area contributed by atoms with Crippen molar-refractivity contribution in [3.8, 4) is 11.8 Å². The number of nitrogens with zero attached hydrogens (tertiary/aromatic N) is 1. The van der Waals surface area contributed by atoms with Crippen molar-refractivity contribution in [2.45, 2.75) is 39.2 Å². The monoisotopic (exact) mass is 203 g/mol. The van der Waals surface area contributed by atoms with E-state index in [0.717, 1.165) is 12.2 Å². The molecule has 0 bridgehead atoms. The lowest BCUT2D eigenvalue weighted by molar-refractivity contribution is 0.113. The van der Waals surface area contributed by atoms with E-state index in [1.165, 1.54) is 5.56 Å². The molecule has 0 unspecified atom stereocenters. The summed E-state index contributed by atoms with van der Waals surface area (Å²) in [5.41, 5.74) is 0.767. The Morgan fingerprint density at radius 2 is 2.00 bits per heavy atom. The molecule has 0 heterocycles. The molecule has 0 aromatic heterocycles. The van der Waals surface area contributed by atoms with Gasteiger partial charge in [0.05, 0.1) is 12.5 Å². The maximum Gasteiger partial charge on any atom is 0.123 e. The van der Waals surface area contributed by atoms with Crippen LogP contribution in [0.2, 0.25) is 0 Å². The molecule has 80 valence electrons. The molecule has 0 fully saturated rings. The van der Waals surface area contributed by atoms with Gasteiger partial charge in [0.25, 0.3) is 0 Å². The van der Waals surface area contributed by atoms with E-state index < -0.39 is 5.60 Å². The average Bonchev–Trinajstić information content (AvgIpc) is 2.17. The molecule has 1 aromatic rings. The van der Waals surface area contributed by atoms with Crippen LogP contribution in [0.5, 0.6) is 5.75 Å². The summed E-state index contributed by atoms with van der Waals surface area (Å²) >= 11 is 0. The Hall–Kier alpha value is -1.49. The first-order valence-corrected chi connectivity index (χ1v) is 5.23. The largest absolute Gasteiger partial charge is 0.487 e. The highest BCUT2D eigenvalue weighted by atomic mass is 16.5. The van der Waals surface area contributed by atoms with Gasteiger partial charge in [0.2, 0.25) is 0 Å². The predicted octanol–water partition coefficient (Wildman–Crippen LogP) is 3.32. The lowest BCUT2D eigenvalue weighted by atomic mass is 10.1. The zero-order valence-electron chi connectivity index (χ0n) is 9.58. The molecular weight excluding hydrogens is 186 g/mol. The number of nitriles is 1. The highest BCUT2D eigenvalue weighted by Gasteiger charge is 2.20. The summed E-state index contributed by atoms with van der Waals surface area (Å²) in [7, 11) is 0. The van der Waals surface area contributed by atoms with Gasteiger partial charge in [-0.25, -0.2) is 0 Å². The van der Waals surface area contributed by atoms with E-state index in [-0.39, 0.29) is 0 Å². The molecule has 2 nitrogen and oxygen atoms in total. The molecule has 0 aliphatic rings. The summed E-state index contributed by atoms with van der Waals surface area (Å²) < 4.78 is 5.84. The first kappa shape index (κ1) is 11.6. The maximum absolute atomic E-state index is 8.68. The third-order valence-corrected chi connectivity index (χ3v) is 2.24. The molecule has 1 aromatic carbocycles. The van der Waals surface area contributed by atoms with Crippen LogP contribution < -0.4 is 4.74 Å². The SMILES string of the molecule is CCc1ccccc1OC(C)(C)CC#N. The molecule has 0 aliphatic heterocycles. The van der Waals surface area contributed by atoms with E-state index >= 15 is 0 Å². The van der Waals surface area contributed by atoms with Crippen molar-refractivity contribution in [3.63, 3.8) is 0 Å². The third-order valence-electron chi connectivity index (χ3n) is 2.24. The first-order valence-electron chi connectivity index (χ1n) is 5.23. The van der Waals surface area contributed by atoms with Crippen molar-refractivity contribution in [1.82, 2.24) is 0 Å². The fraction of sp³-hybridized carbons (Fsp3) is 0.462. The van der Waals surface area contributed by atoms with Gasteiger partial charge in [0.1, 0.15) is 11.4 Å². The lowest BCUT2D eigenvalue weighted by Crippen LogP contribution is -2.27. The zero-order valence-corrected chi connectivity index (χ0v) is 9.58. The topological polar surface area (TPSA) is 33.0 Å². The number of ether oxygens (including phenoxy) is 1. The smallest absolute Gasteiger partial charge is 0.123 e. The Morgan fingerprint density at radius 1 is 1.33 bits per heavy atom. The number of rotatable bonds is 4. The number of benzene rings is 1. The van der Waals surface area contributed by atoms with Crippen LogP contribution in [-0.2, 0) is 6.42 Å². The fourth-order valence-electron chi connectivity index (χ4n) is 1.42. The molecule has 2 heteroatoms. The van der Waals surface area contributed by atoms with Gasteiger partial charge in [-0.3, -0.25) is 0 Å². The van der Waals surface area contributed by atoms with E-state index in [1.54, 1.807) is 0 Å². The highest BCUT2D eigenvalue weighted by molar-refractivity contribution is 5.33. The van der Waals surface area contributed by atoms with Crippen molar-refractivity contribution >= 4 is 0 Å². The van der Waals surface area contributed by atoms with Gasteiger partial charge in [-0.2, -0.15) is 5.26 Å². The molecule has 1 rings (SSSR count). The van der Waals surface area contributed by atoms with Gasteiger partial charge in [-0.1, -0.05) is 25.1 Å². The lowest BCUT2D eigenvalue weighted by Gasteiger charge is -2.25. The van der Waals surface area contributed by atoms with Gasteiger partial charge < -0.3 is 4.74 Å². The Labute approximate surface area is 91.5 Å². The fourth-order valence-corrected chi connectivity index (χ4v) is 1.42. The minimum atomic E-state index is -0.417. The van der Waals surface area contributed by atoms with E-state index in [4.69, 9.17) is 10.00 Å². The molecule has 0 radical (unpaired) electrons. The molecule has 0 amide bonds. The summed E-state index contributed by atoms with van der Waals surface area (Å²) in [6.07, 6.45) is 1.34. The van der Waals surface area contributed by atoms with E-state index in [9.17, 15) is 0 Å². The van der Waals surface area contributed by atoms with Gasteiger partial charge in [-0.15, -0.1) is 0 Å². The minimum Gasteiger partial charge on any atom is -0.487 e. The van der Waals surface area contributed by atoms with Crippen LogP contribution in [0.25, 0.3) is 0 Å². The second kappa shape index (κ2) is 4.84. The molecule has 0 saturated carbocycles.